The van der Waals surface area contributed by atoms with E-state index in [1.165, 1.54) is 0 Å². The van der Waals surface area contributed by atoms with Crippen LogP contribution in [0.4, 0.5) is 21.2 Å². The lowest BCUT2D eigenvalue weighted by atomic mass is 9.82. The number of hydrogen-bond donors (Lipinski definition) is 1. The van der Waals surface area contributed by atoms with Crippen LogP contribution in [0.2, 0.25) is 18.6 Å². The Kier molecular flexibility index (Phi) is 7.97. The van der Waals surface area contributed by atoms with Crippen molar-refractivity contribution in [2.45, 2.75) is 63.2 Å². The summed E-state index contributed by atoms with van der Waals surface area (Å²) in [5.74, 6) is -0.164. The number of aliphatic hydroxyl groups is 1. The minimum absolute atomic E-state index is 0.0181. The van der Waals surface area contributed by atoms with E-state index in [0.29, 0.717) is 42.2 Å². The lowest BCUT2D eigenvalue weighted by Gasteiger charge is -2.31. The van der Waals surface area contributed by atoms with E-state index in [9.17, 15) is 14.7 Å². The molecule has 3 aliphatic rings. The second-order valence-electron chi connectivity index (χ2n) is 13.1. The maximum atomic E-state index is 16.2. The standard InChI is InChI=1S/C35H38FN5O5Si/c1-23-33(47(2,3)36)31(15-17-39-21-25(16-18-42)37-38-39)46-35(23)27-11-4-5-12-28(27)40(34(35)44)20-24-9-8-10-26(19-24)41-29-13-6-7-14-30(29)45-22-32(41)43/h4-14,19,21,23,31,33,42H,15-18,20,22H2,1-3H3/t23-,31+,33-,35+/m1/s1. The zero-order valence-corrected chi connectivity index (χ0v) is 27.7. The van der Waals surface area contributed by atoms with Crippen LogP contribution in [0.5, 0.6) is 5.75 Å². The Morgan fingerprint density at radius 3 is 2.60 bits per heavy atom. The first kappa shape index (κ1) is 31.2. The molecule has 7 rings (SSSR count). The molecule has 10 nitrogen and oxygen atoms in total. The molecule has 2 amide bonds. The van der Waals surface area contributed by atoms with Crippen molar-refractivity contribution < 1.29 is 28.3 Å². The first-order valence-corrected chi connectivity index (χ1v) is 19.0. The summed E-state index contributed by atoms with van der Waals surface area (Å²) in [4.78, 5) is 31.1. The lowest BCUT2D eigenvalue weighted by molar-refractivity contribution is -0.146. The number of para-hydroxylation sites is 3. The number of amides is 2. The highest BCUT2D eigenvalue weighted by Gasteiger charge is 2.66. The number of halogens is 1. The van der Waals surface area contributed by atoms with Crippen molar-refractivity contribution in [2.75, 3.05) is 23.0 Å². The van der Waals surface area contributed by atoms with E-state index < -0.39 is 31.6 Å². The monoisotopic (exact) mass is 655 g/mol. The number of hydrogen-bond acceptors (Lipinski definition) is 7. The summed E-state index contributed by atoms with van der Waals surface area (Å²) < 4.78 is 30.4. The van der Waals surface area contributed by atoms with Gasteiger partial charge in [0.05, 0.1) is 29.7 Å². The third-order valence-corrected chi connectivity index (χ3v) is 12.1. The predicted octanol–water partition coefficient (Wildman–Crippen LogP) is 5.28. The summed E-state index contributed by atoms with van der Waals surface area (Å²) in [5.41, 5.74) is 2.60. The molecule has 3 aliphatic heterocycles. The SMILES string of the molecule is C[C@@H]1[C@@H]([Si](C)(C)F)[C@H](CCn2cc(CCO)nn2)O[C@@]12C(=O)N(Cc1cccc(N3C(=O)COc4ccccc43)c1)c1ccccc12. The molecule has 1 N–H and O–H groups in total. The summed E-state index contributed by atoms with van der Waals surface area (Å²) in [6, 6.07) is 22.7. The van der Waals surface area contributed by atoms with Crippen molar-refractivity contribution >= 4 is 37.3 Å². The average Bonchev–Trinajstić information content (AvgIpc) is 3.70. The molecule has 1 saturated heterocycles. The van der Waals surface area contributed by atoms with Gasteiger partial charge in [-0.3, -0.25) is 19.2 Å². The van der Waals surface area contributed by atoms with Crippen LogP contribution in [0.1, 0.15) is 30.2 Å². The average molecular weight is 656 g/mol. The number of ether oxygens (including phenoxy) is 2. The molecular formula is C35H38FN5O5Si. The van der Waals surface area contributed by atoms with Gasteiger partial charge in [0.2, 0.25) is 8.41 Å². The Morgan fingerprint density at radius 1 is 1.04 bits per heavy atom. The van der Waals surface area contributed by atoms with Crippen LogP contribution in [0.3, 0.4) is 0 Å². The molecule has 1 fully saturated rings. The Morgan fingerprint density at radius 2 is 1.81 bits per heavy atom. The molecular weight excluding hydrogens is 617 g/mol. The molecule has 4 aromatic rings. The molecule has 47 heavy (non-hydrogen) atoms. The van der Waals surface area contributed by atoms with Gasteiger partial charge in [-0.1, -0.05) is 54.6 Å². The maximum Gasteiger partial charge on any atom is 0.269 e. The topological polar surface area (TPSA) is 110 Å². The van der Waals surface area contributed by atoms with Gasteiger partial charge in [0.25, 0.3) is 11.8 Å². The van der Waals surface area contributed by atoms with Gasteiger partial charge in [-0.2, -0.15) is 0 Å². The highest BCUT2D eigenvalue weighted by Crippen LogP contribution is 2.60. The van der Waals surface area contributed by atoms with Gasteiger partial charge in [0.1, 0.15) is 5.75 Å². The number of fused-ring (bicyclic) bond motifs is 3. The van der Waals surface area contributed by atoms with Gasteiger partial charge in [0.15, 0.2) is 12.2 Å². The Balaban J connectivity index is 1.20. The summed E-state index contributed by atoms with van der Waals surface area (Å²) in [6.45, 7) is 5.96. The smallest absolute Gasteiger partial charge is 0.269 e. The zero-order valence-electron chi connectivity index (χ0n) is 26.7. The van der Waals surface area contributed by atoms with Crippen LogP contribution < -0.4 is 14.5 Å². The van der Waals surface area contributed by atoms with Crippen LogP contribution in [-0.4, -0.2) is 59.6 Å². The number of nitrogens with zero attached hydrogens (tertiary/aromatic N) is 5. The number of anilines is 3. The van der Waals surface area contributed by atoms with Crippen LogP contribution in [0.15, 0.2) is 79.0 Å². The van der Waals surface area contributed by atoms with Crippen LogP contribution in [-0.2, 0) is 39.4 Å². The minimum Gasteiger partial charge on any atom is -0.482 e. The number of aryl methyl sites for hydroxylation is 1. The molecule has 4 heterocycles. The molecule has 1 spiro atoms. The van der Waals surface area contributed by atoms with Crippen molar-refractivity contribution in [3.8, 4) is 5.75 Å². The van der Waals surface area contributed by atoms with E-state index in [-0.39, 0.29) is 31.6 Å². The van der Waals surface area contributed by atoms with E-state index >= 15 is 4.11 Å². The molecule has 0 unspecified atom stereocenters. The van der Waals surface area contributed by atoms with Gasteiger partial charge < -0.3 is 23.6 Å². The second kappa shape index (κ2) is 12.0. The van der Waals surface area contributed by atoms with E-state index in [1.54, 1.807) is 33.8 Å². The lowest BCUT2D eigenvalue weighted by Crippen LogP contribution is -2.45. The number of rotatable bonds is 9. The molecule has 1 aromatic heterocycles. The molecule has 4 atom stereocenters. The number of carbonyl (C=O) groups excluding carboxylic acids is 2. The molecule has 0 aliphatic carbocycles. The van der Waals surface area contributed by atoms with Gasteiger partial charge in [0, 0.05) is 48.5 Å². The van der Waals surface area contributed by atoms with Crippen molar-refractivity contribution in [1.82, 2.24) is 15.0 Å². The fraction of sp³-hybridized carbons (Fsp3) is 0.371. The van der Waals surface area contributed by atoms with Gasteiger partial charge >= 0.3 is 0 Å². The van der Waals surface area contributed by atoms with E-state index in [0.717, 1.165) is 16.8 Å². The molecule has 0 bridgehead atoms. The summed E-state index contributed by atoms with van der Waals surface area (Å²) in [7, 11) is -3.32. The number of aliphatic hydroxyl groups excluding tert-OH is 1. The first-order chi connectivity index (χ1) is 22.6. The number of aromatic nitrogens is 3. The number of benzene rings is 3. The quantitative estimate of drug-likeness (QED) is 0.193. The van der Waals surface area contributed by atoms with Crippen LogP contribution in [0.25, 0.3) is 0 Å². The fourth-order valence-electron chi connectivity index (χ4n) is 7.73. The first-order valence-electron chi connectivity index (χ1n) is 16.0. The van der Waals surface area contributed by atoms with Crippen molar-refractivity contribution in [3.63, 3.8) is 0 Å². The molecule has 3 aromatic carbocycles. The Bertz CT molecular complexity index is 1830. The molecule has 244 valence electrons. The van der Waals surface area contributed by atoms with E-state index in [2.05, 4.69) is 10.3 Å². The normalized spacial score (nSPS) is 23.7. The fourth-order valence-corrected chi connectivity index (χ4v) is 10.3. The minimum atomic E-state index is -3.32. The highest BCUT2D eigenvalue weighted by atomic mass is 28.4. The zero-order chi connectivity index (χ0) is 32.9. The molecule has 0 saturated carbocycles. The summed E-state index contributed by atoms with van der Waals surface area (Å²) in [6.07, 6.45) is 2.15. The van der Waals surface area contributed by atoms with Gasteiger partial charge in [-0.05, 0) is 55.4 Å². The molecule has 0 radical (unpaired) electrons. The highest BCUT2D eigenvalue weighted by molar-refractivity contribution is 6.72. The summed E-state index contributed by atoms with van der Waals surface area (Å²) in [5, 5.41) is 17.5. The van der Waals surface area contributed by atoms with E-state index in [1.807, 2.05) is 79.7 Å². The second-order valence-corrected chi connectivity index (χ2v) is 16.9. The Labute approximate surface area is 273 Å². The van der Waals surface area contributed by atoms with E-state index in [4.69, 9.17) is 9.47 Å². The third kappa shape index (κ3) is 5.34. The maximum absolute atomic E-state index is 16.2. The Hall–Kier alpha value is -4.39. The number of carbonyl (C=O) groups is 2. The van der Waals surface area contributed by atoms with Crippen molar-refractivity contribution in [2.24, 2.45) is 5.92 Å². The van der Waals surface area contributed by atoms with Gasteiger partial charge in [-0.15, -0.1) is 5.10 Å². The van der Waals surface area contributed by atoms with Crippen molar-refractivity contribution in [3.05, 3.63) is 95.8 Å². The van der Waals surface area contributed by atoms with Crippen molar-refractivity contribution in [1.29, 1.82) is 0 Å². The molecule has 12 heteroatoms. The summed E-state index contributed by atoms with van der Waals surface area (Å²) >= 11 is 0. The largest absolute Gasteiger partial charge is 0.482 e. The predicted molar refractivity (Wildman–Crippen MR) is 177 cm³/mol. The van der Waals surface area contributed by atoms with Gasteiger partial charge in [-0.25, -0.2) is 0 Å². The van der Waals surface area contributed by atoms with Crippen LogP contribution >= 0.6 is 0 Å². The van der Waals surface area contributed by atoms with Crippen LogP contribution in [0, 0.1) is 5.92 Å². The third-order valence-electron chi connectivity index (χ3n) is 9.68.